The Morgan fingerprint density at radius 2 is 1.53 bits per heavy atom. The molecule has 3 aromatic rings. The smallest absolute Gasteiger partial charge is 0.258 e. The summed E-state index contributed by atoms with van der Waals surface area (Å²) in [6.07, 6.45) is 0. The molecule has 4 nitrogen and oxygen atoms in total. The fourth-order valence-electron chi connectivity index (χ4n) is 1.76. The van der Waals surface area contributed by atoms with E-state index in [0.29, 0.717) is 11.7 Å². The molecule has 1 aromatic heterocycles. The standard InChI is InChI=1S/C15H12N2O2/c1-10-2-4-12(5-3-10)15-16-14(17-19-15)11-6-8-13(18)9-7-11/h2-9,18H,1H3. The number of nitrogens with zero attached hydrogens (tertiary/aromatic N) is 2. The summed E-state index contributed by atoms with van der Waals surface area (Å²) in [6, 6.07) is 14.6. The molecular weight excluding hydrogens is 240 g/mol. The predicted molar refractivity (Wildman–Crippen MR) is 71.6 cm³/mol. The van der Waals surface area contributed by atoms with E-state index in [-0.39, 0.29) is 5.75 Å². The van der Waals surface area contributed by atoms with E-state index in [1.54, 1.807) is 24.3 Å². The number of aromatic nitrogens is 2. The van der Waals surface area contributed by atoms with E-state index in [1.807, 2.05) is 31.2 Å². The van der Waals surface area contributed by atoms with Crippen molar-refractivity contribution in [1.29, 1.82) is 0 Å². The number of phenolic OH excluding ortho intramolecular Hbond substituents is 1. The van der Waals surface area contributed by atoms with Crippen molar-refractivity contribution in [3.05, 3.63) is 54.1 Å². The van der Waals surface area contributed by atoms with Crippen LogP contribution < -0.4 is 0 Å². The predicted octanol–water partition coefficient (Wildman–Crippen LogP) is 3.42. The van der Waals surface area contributed by atoms with Crippen LogP contribution >= 0.6 is 0 Å². The highest BCUT2D eigenvalue weighted by Gasteiger charge is 2.10. The number of aryl methyl sites for hydroxylation is 1. The van der Waals surface area contributed by atoms with Gasteiger partial charge in [-0.3, -0.25) is 0 Å². The van der Waals surface area contributed by atoms with Crippen molar-refractivity contribution < 1.29 is 9.63 Å². The van der Waals surface area contributed by atoms with Gasteiger partial charge in [0.2, 0.25) is 5.82 Å². The molecule has 0 saturated heterocycles. The molecule has 1 N–H and O–H groups in total. The first-order valence-electron chi connectivity index (χ1n) is 5.92. The second kappa shape index (κ2) is 4.57. The number of phenols is 1. The van der Waals surface area contributed by atoms with E-state index < -0.39 is 0 Å². The minimum Gasteiger partial charge on any atom is -0.508 e. The normalized spacial score (nSPS) is 10.6. The van der Waals surface area contributed by atoms with Crippen LogP contribution in [-0.2, 0) is 0 Å². The molecule has 0 aliphatic carbocycles. The zero-order valence-electron chi connectivity index (χ0n) is 10.4. The van der Waals surface area contributed by atoms with Crippen LogP contribution in [0.4, 0.5) is 0 Å². The van der Waals surface area contributed by atoms with E-state index in [9.17, 15) is 5.11 Å². The van der Waals surface area contributed by atoms with E-state index in [2.05, 4.69) is 10.1 Å². The Labute approximate surface area is 110 Å². The summed E-state index contributed by atoms with van der Waals surface area (Å²) in [4.78, 5) is 4.35. The summed E-state index contributed by atoms with van der Waals surface area (Å²) in [5, 5.41) is 13.2. The summed E-state index contributed by atoms with van der Waals surface area (Å²) >= 11 is 0. The summed E-state index contributed by atoms with van der Waals surface area (Å²) < 4.78 is 5.25. The molecule has 0 bridgehead atoms. The lowest BCUT2D eigenvalue weighted by Crippen LogP contribution is -1.81. The highest BCUT2D eigenvalue weighted by molar-refractivity contribution is 5.60. The molecular formula is C15H12N2O2. The number of aromatic hydroxyl groups is 1. The van der Waals surface area contributed by atoms with Crippen molar-refractivity contribution in [2.75, 3.05) is 0 Å². The Morgan fingerprint density at radius 3 is 2.21 bits per heavy atom. The molecule has 94 valence electrons. The second-order valence-electron chi connectivity index (χ2n) is 4.34. The van der Waals surface area contributed by atoms with E-state index in [4.69, 9.17) is 4.52 Å². The Kier molecular flexibility index (Phi) is 2.76. The van der Waals surface area contributed by atoms with Gasteiger partial charge in [0.1, 0.15) is 5.75 Å². The Morgan fingerprint density at radius 1 is 0.895 bits per heavy atom. The molecule has 0 spiro atoms. The molecule has 19 heavy (non-hydrogen) atoms. The minimum absolute atomic E-state index is 0.214. The van der Waals surface area contributed by atoms with Gasteiger partial charge in [-0.2, -0.15) is 4.98 Å². The van der Waals surface area contributed by atoms with Gasteiger partial charge in [-0.1, -0.05) is 22.9 Å². The highest BCUT2D eigenvalue weighted by Crippen LogP contribution is 2.23. The summed E-state index contributed by atoms with van der Waals surface area (Å²) in [5.74, 6) is 1.21. The highest BCUT2D eigenvalue weighted by atomic mass is 16.5. The topological polar surface area (TPSA) is 59.2 Å². The first-order chi connectivity index (χ1) is 9.22. The van der Waals surface area contributed by atoms with E-state index >= 15 is 0 Å². The van der Waals surface area contributed by atoms with E-state index in [1.165, 1.54) is 5.56 Å². The summed E-state index contributed by atoms with van der Waals surface area (Å²) in [7, 11) is 0. The third-order valence-corrected chi connectivity index (χ3v) is 2.85. The molecule has 0 aliphatic heterocycles. The molecule has 0 radical (unpaired) electrons. The van der Waals surface area contributed by atoms with Gasteiger partial charge in [0.25, 0.3) is 5.89 Å². The van der Waals surface area contributed by atoms with Crippen LogP contribution in [0.5, 0.6) is 5.75 Å². The van der Waals surface area contributed by atoms with Crippen molar-refractivity contribution in [2.45, 2.75) is 6.92 Å². The molecule has 1 heterocycles. The molecule has 0 amide bonds. The van der Waals surface area contributed by atoms with Crippen LogP contribution in [0.25, 0.3) is 22.8 Å². The SMILES string of the molecule is Cc1ccc(-c2nc(-c3ccc(O)cc3)no2)cc1. The maximum atomic E-state index is 9.25. The fraction of sp³-hybridized carbons (Fsp3) is 0.0667. The van der Waals surface area contributed by atoms with Crippen LogP contribution in [0.1, 0.15) is 5.56 Å². The van der Waals surface area contributed by atoms with Crippen molar-refractivity contribution in [1.82, 2.24) is 10.1 Å². The lowest BCUT2D eigenvalue weighted by Gasteiger charge is -1.95. The molecule has 0 atom stereocenters. The molecule has 2 aromatic carbocycles. The van der Waals surface area contributed by atoms with Crippen LogP contribution in [0.3, 0.4) is 0 Å². The Hall–Kier alpha value is -2.62. The molecule has 4 heteroatoms. The van der Waals surface area contributed by atoms with Gasteiger partial charge in [0.15, 0.2) is 0 Å². The number of rotatable bonds is 2. The maximum Gasteiger partial charge on any atom is 0.258 e. The van der Waals surface area contributed by atoms with Crippen LogP contribution in [0.2, 0.25) is 0 Å². The van der Waals surface area contributed by atoms with Crippen molar-refractivity contribution in [3.8, 4) is 28.6 Å². The van der Waals surface area contributed by atoms with Gasteiger partial charge in [-0.25, -0.2) is 0 Å². The van der Waals surface area contributed by atoms with Crippen molar-refractivity contribution >= 4 is 0 Å². The monoisotopic (exact) mass is 252 g/mol. The van der Waals surface area contributed by atoms with Gasteiger partial charge < -0.3 is 9.63 Å². The van der Waals surface area contributed by atoms with E-state index in [0.717, 1.165) is 11.1 Å². The number of hydrogen-bond acceptors (Lipinski definition) is 4. The summed E-state index contributed by atoms with van der Waals surface area (Å²) in [6.45, 7) is 2.03. The molecule has 0 aliphatic rings. The lowest BCUT2D eigenvalue weighted by atomic mass is 10.1. The molecule has 0 unspecified atom stereocenters. The van der Waals surface area contributed by atoms with Crippen LogP contribution in [0.15, 0.2) is 53.1 Å². The largest absolute Gasteiger partial charge is 0.508 e. The Balaban J connectivity index is 1.95. The van der Waals surface area contributed by atoms with Gasteiger partial charge in [0, 0.05) is 11.1 Å². The maximum absolute atomic E-state index is 9.25. The third kappa shape index (κ3) is 2.33. The molecule has 0 fully saturated rings. The lowest BCUT2D eigenvalue weighted by molar-refractivity contribution is 0.432. The molecule has 0 saturated carbocycles. The average Bonchev–Trinajstić information content (AvgIpc) is 2.90. The van der Waals surface area contributed by atoms with Gasteiger partial charge in [-0.15, -0.1) is 0 Å². The minimum atomic E-state index is 0.214. The van der Waals surface area contributed by atoms with Crippen LogP contribution in [-0.4, -0.2) is 15.2 Å². The third-order valence-electron chi connectivity index (χ3n) is 2.85. The number of hydrogen-bond donors (Lipinski definition) is 1. The van der Waals surface area contributed by atoms with Gasteiger partial charge in [0.05, 0.1) is 0 Å². The second-order valence-corrected chi connectivity index (χ2v) is 4.34. The quantitative estimate of drug-likeness (QED) is 0.759. The zero-order valence-corrected chi connectivity index (χ0v) is 10.4. The fourth-order valence-corrected chi connectivity index (χ4v) is 1.76. The zero-order chi connectivity index (χ0) is 13.2. The Bertz CT molecular complexity index is 625. The first-order valence-corrected chi connectivity index (χ1v) is 5.92. The van der Waals surface area contributed by atoms with Gasteiger partial charge >= 0.3 is 0 Å². The summed E-state index contributed by atoms with van der Waals surface area (Å²) in [5.41, 5.74) is 2.88. The van der Waals surface area contributed by atoms with Crippen molar-refractivity contribution in [2.24, 2.45) is 0 Å². The molecule has 3 rings (SSSR count). The van der Waals surface area contributed by atoms with Gasteiger partial charge in [-0.05, 0) is 43.3 Å². The number of benzene rings is 2. The van der Waals surface area contributed by atoms with Crippen molar-refractivity contribution in [3.63, 3.8) is 0 Å². The average molecular weight is 252 g/mol. The van der Waals surface area contributed by atoms with Crippen LogP contribution in [0, 0.1) is 6.92 Å². The first kappa shape index (κ1) is 11.5.